The Morgan fingerprint density at radius 3 is 2.62 bits per heavy atom. The maximum Gasteiger partial charge on any atom is 0.157 e. The average Bonchev–Trinajstić information content (AvgIpc) is 2.98. The number of thiophene rings is 1. The van der Waals surface area contributed by atoms with Crippen molar-refractivity contribution in [1.29, 1.82) is 0 Å². The third-order valence-corrected chi connectivity index (χ3v) is 5.04. The Morgan fingerprint density at radius 2 is 1.95 bits per heavy atom. The summed E-state index contributed by atoms with van der Waals surface area (Å²) >= 11 is -0.0587. The molecule has 0 saturated carbocycles. The highest BCUT2D eigenvalue weighted by molar-refractivity contribution is 7.78. The summed E-state index contributed by atoms with van der Waals surface area (Å²) < 4.78 is 25.1. The fraction of sp³-hybridized carbons (Fsp3) is 0.333. The highest BCUT2D eigenvalue weighted by atomic mass is 32.2. The van der Waals surface area contributed by atoms with Gasteiger partial charge in [-0.25, -0.2) is 4.21 Å². The molecule has 3 rings (SSSR count). The summed E-state index contributed by atoms with van der Waals surface area (Å²) in [5, 5.41) is 2.18. The fourth-order valence-electron chi connectivity index (χ4n) is 2.37. The van der Waals surface area contributed by atoms with Crippen molar-refractivity contribution in [1.82, 2.24) is 0 Å². The Morgan fingerprint density at radius 1 is 1.24 bits per heavy atom. The molecule has 2 heterocycles. The maximum atomic E-state index is 10.8. The van der Waals surface area contributed by atoms with Gasteiger partial charge in [-0.15, -0.1) is 11.3 Å². The van der Waals surface area contributed by atoms with E-state index in [0.29, 0.717) is 0 Å². The molecule has 0 spiro atoms. The molecule has 0 radical (unpaired) electrons. The predicted molar refractivity (Wildman–Crippen MR) is 87.3 cm³/mol. The third kappa shape index (κ3) is 3.71. The van der Waals surface area contributed by atoms with E-state index in [1.54, 1.807) is 11.3 Å². The minimum Gasteiger partial charge on any atom is -0.378 e. The standard InChI is InChI=1S/C15H17NO3S2/c17-21(18)11-12-1-3-13(4-2-12)15-9-14(10-20-15)16-5-7-19-8-6-16/h1-4,9-10H,5-8,11H2,(H,17,18). The van der Waals surface area contributed by atoms with E-state index in [2.05, 4.69) is 16.3 Å². The van der Waals surface area contributed by atoms with Gasteiger partial charge in [0, 0.05) is 29.0 Å². The molecule has 112 valence electrons. The number of rotatable bonds is 4. The third-order valence-electron chi connectivity index (χ3n) is 3.49. The van der Waals surface area contributed by atoms with Gasteiger partial charge in [-0.3, -0.25) is 0 Å². The van der Waals surface area contributed by atoms with Crippen LogP contribution in [0.4, 0.5) is 5.69 Å². The molecular weight excluding hydrogens is 306 g/mol. The largest absolute Gasteiger partial charge is 0.378 e. The summed E-state index contributed by atoms with van der Waals surface area (Å²) in [6, 6.07) is 10.1. The Bertz CT molecular complexity index is 618. The molecular formula is C15H17NO3S2. The lowest BCUT2D eigenvalue weighted by molar-refractivity contribution is 0.123. The van der Waals surface area contributed by atoms with Crippen LogP contribution < -0.4 is 4.90 Å². The van der Waals surface area contributed by atoms with E-state index in [1.807, 2.05) is 24.3 Å². The first-order chi connectivity index (χ1) is 10.2. The van der Waals surface area contributed by atoms with Crippen molar-refractivity contribution in [2.75, 3.05) is 31.2 Å². The molecule has 0 aliphatic carbocycles. The van der Waals surface area contributed by atoms with E-state index in [1.165, 1.54) is 10.6 Å². The first kappa shape index (κ1) is 14.7. The van der Waals surface area contributed by atoms with Crippen molar-refractivity contribution in [3.63, 3.8) is 0 Å². The molecule has 21 heavy (non-hydrogen) atoms. The summed E-state index contributed by atoms with van der Waals surface area (Å²) in [4.78, 5) is 3.56. The van der Waals surface area contributed by atoms with E-state index >= 15 is 0 Å². The highest BCUT2D eigenvalue weighted by Gasteiger charge is 2.13. The van der Waals surface area contributed by atoms with Crippen molar-refractivity contribution in [2.24, 2.45) is 0 Å². The van der Waals surface area contributed by atoms with Crippen molar-refractivity contribution < 1.29 is 13.5 Å². The Labute approximate surface area is 130 Å². The average molecular weight is 323 g/mol. The van der Waals surface area contributed by atoms with Gasteiger partial charge in [-0.2, -0.15) is 0 Å². The summed E-state index contributed by atoms with van der Waals surface area (Å²) in [7, 11) is 0. The predicted octanol–water partition coefficient (Wildman–Crippen LogP) is 2.97. The van der Waals surface area contributed by atoms with Crippen molar-refractivity contribution in [3.05, 3.63) is 41.3 Å². The van der Waals surface area contributed by atoms with Crippen LogP contribution in [0.1, 0.15) is 5.56 Å². The summed E-state index contributed by atoms with van der Waals surface area (Å²) in [6.07, 6.45) is 0. The quantitative estimate of drug-likeness (QED) is 0.879. The van der Waals surface area contributed by atoms with Crippen LogP contribution in [0.25, 0.3) is 10.4 Å². The lowest BCUT2D eigenvalue weighted by Gasteiger charge is -2.27. The number of hydrogen-bond acceptors (Lipinski definition) is 4. The lowest BCUT2D eigenvalue weighted by atomic mass is 10.1. The molecule has 1 aromatic heterocycles. The Hall–Kier alpha value is -1.21. The van der Waals surface area contributed by atoms with Crippen molar-refractivity contribution in [3.8, 4) is 10.4 Å². The minimum atomic E-state index is -1.78. The van der Waals surface area contributed by atoms with Gasteiger partial charge in [0.05, 0.1) is 19.0 Å². The molecule has 1 saturated heterocycles. The zero-order chi connectivity index (χ0) is 14.7. The van der Waals surface area contributed by atoms with Crippen molar-refractivity contribution >= 4 is 28.1 Å². The second-order valence-electron chi connectivity index (χ2n) is 4.93. The zero-order valence-corrected chi connectivity index (χ0v) is 13.2. The minimum absolute atomic E-state index is 0.184. The van der Waals surface area contributed by atoms with Crippen LogP contribution in [0.2, 0.25) is 0 Å². The molecule has 1 aliphatic heterocycles. The van der Waals surface area contributed by atoms with Gasteiger partial charge in [-0.1, -0.05) is 24.3 Å². The molecule has 1 atom stereocenters. The fourth-order valence-corrected chi connectivity index (χ4v) is 3.78. The molecule has 6 heteroatoms. The normalized spacial score (nSPS) is 16.9. The SMILES string of the molecule is O=S(O)Cc1ccc(-c2cc(N3CCOCC3)cs2)cc1. The first-order valence-electron chi connectivity index (χ1n) is 6.80. The molecule has 1 fully saturated rings. The molecule has 1 N–H and O–H groups in total. The highest BCUT2D eigenvalue weighted by Crippen LogP contribution is 2.32. The Balaban J connectivity index is 1.74. The summed E-state index contributed by atoms with van der Waals surface area (Å²) in [5.74, 6) is 0.184. The van der Waals surface area contributed by atoms with Crippen LogP contribution in [0.5, 0.6) is 0 Å². The Kier molecular flexibility index (Phi) is 4.70. The van der Waals surface area contributed by atoms with Crippen LogP contribution in [-0.4, -0.2) is 35.1 Å². The number of nitrogens with zero attached hydrogens (tertiary/aromatic N) is 1. The molecule has 0 bridgehead atoms. The second kappa shape index (κ2) is 6.70. The summed E-state index contributed by atoms with van der Waals surface area (Å²) in [5.41, 5.74) is 3.27. The smallest absolute Gasteiger partial charge is 0.157 e. The molecule has 1 aliphatic rings. The number of benzene rings is 1. The molecule has 2 aromatic rings. The molecule has 1 aromatic carbocycles. The van der Waals surface area contributed by atoms with Gasteiger partial charge in [0.25, 0.3) is 0 Å². The zero-order valence-electron chi connectivity index (χ0n) is 11.5. The van der Waals surface area contributed by atoms with Crippen molar-refractivity contribution in [2.45, 2.75) is 5.75 Å². The van der Waals surface area contributed by atoms with Gasteiger partial charge in [-0.05, 0) is 17.2 Å². The van der Waals surface area contributed by atoms with Crippen LogP contribution in [0.3, 0.4) is 0 Å². The molecule has 4 nitrogen and oxygen atoms in total. The number of anilines is 1. The van der Waals surface area contributed by atoms with Crippen LogP contribution >= 0.6 is 11.3 Å². The monoisotopic (exact) mass is 323 g/mol. The topological polar surface area (TPSA) is 49.8 Å². The number of ether oxygens (including phenoxy) is 1. The van der Waals surface area contributed by atoms with Gasteiger partial charge in [0.15, 0.2) is 11.1 Å². The van der Waals surface area contributed by atoms with Crippen LogP contribution in [0, 0.1) is 0 Å². The molecule has 0 amide bonds. The van der Waals surface area contributed by atoms with E-state index < -0.39 is 11.1 Å². The molecule has 1 unspecified atom stereocenters. The van der Waals surface area contributed by atoms with Gasteiger partial charge in [0.1, 0.15) is 0 Å². The van der Waals surface area contributed by atoms with E-state index in [9.17, 15) is 4.21 Å². The lowest BCUT2D eigenvalue weighted by Crippen LogP contribution is -2.35. The van der Waals surface area contributed by atoms with E-state index in [-0.39, 0.29) is 5.75 Å². The maximum absolute atomic E-state index is 10.8. The van der Waals surface area contributed by atoms with Gasteiger partial charge in [0.2, 0.25) is 0 Å². The van der Waals surface area contributed by atoms with Crippen LogP contribution in [-0.2, 0) is 21.6 Å². The van der Waals surface area contributed by atoms with E-state index in [0.717, 1.165) is 37.4 Å². The second-order valence-corrected chi connectivity index (χ2v) is 6.77. The first-order valence-corrected chi connectivity index (χ1v) is 8.96. The van der Waals surface area contributed by atoms with E-state index in [4.69, 9.17) is 9.29 Å². The van der Waals surface area contributed by atoms with Gasteiger partial charge < -0.3 is 14.2 Å². The van der Waals surface area contributed by atoms with Crippen LogP contribution in [0.15, 0.2) is 35.7 Å². The number of hydrogen-bond donors (Lipinski definition) is 1. The van der Waals surface area contributed by atoms with Gasteiger partial charge >= 0.3 is 0 Å². The summed E-state index contributed by atoms with van der Waals surface area (Å²) in [6.45, 7) is 3.46. The number of morpholine rings is 1.